The van der Waals surface area contributed by atoms with Gasteiger partial charge in [0.1, 0.15) is 5.82 Å². The van der Waals surface area contributed by atoms with E-state index >= 15 is 0 Å². The lowest BCUT2D eigenvalue weighted by Gasteiger charge is -2.31. The van der Waals surface area contributed by atoms with Gasteiger partial charge in [0.05, 0.1) is 17.9 Å². The highest BCUT2D eigenvalue weighted by Gasteiger charge is 2.30. The topological polar surface area (TPSA) is 67.2 Å². The summed E-state index contributed by atoms with van der Waals surface area (Å²) in [6.07, 6.45) is 3.79. The van der Waals surface area contributed by atoms with Crippen LogP contribution in [0.2, 0.25) is 0 Å². The van der Waals surface area contributed by atoms with Gasteiger partial charge < -0.3 is 10.2 Å². The number of aromatic nitrogens is 2. The molecule has 4 rings (SSSR count). The monoisotopic (exact) mass is 416 g/mol. The fourth-order valence-electron chi connectivity index (χ4n) is 3.79. The van der Waals surface area contributed by atoms with Gasteiger partial charge in [0.25, 0.3) is 0 Å². The summed E-state index contributed by atoms with van der Waals surface area (Å²) in [5.41, 5.74) is 2.60. The number of nitrogens with one attached hydrogen (secondary N) is 1. The van der Waals surface area contributed by atoms with Gasteiger partial charge in [0.2, 0.25) is 11.8 Å². The van der Waals surface area contributed by atoms with Crippen LogP contribution in [0.25, 0.3) is 16.9 Å². The highest BCUT2D eigenvalue weighted by Crippen LogP contribution is 2.28. The minimum absolute atomic E-state index is 0.0593. The van der Waals surface area contributed by atoms with Crippen molar-refractivity contribution in [2.75, 3.05) is 18.4 Å². The first-order chi connectivity index (χ1) is 15.2. The minimum Gasteiger partial charge on any atom is -0.333 e. The zero-order chi connectivity index (χ0) is 21.6. The van der Waals surface area contributed by atoms with Crippen molar-refractivity contribution in [3.63, 3.8) is 0 Å². The van der Waals surface area contributed by atoms with Crippen LogP contribution in [-0.2, 0) is 9.59 Å². The van der Waals surface area contributed by atoms with Gasteiger partial charge in [-0.05, 0) is 31.4 Å². The second-order valence-electron chi connectivity index (χ2n) is 7.96. The number of amides is 2. The third kappa shape index (κ3) is 4.85. The van der Waals surface area contributed by atoms with E-state index in [1.165, 1.54) is 0 Å². The molecule has 1 heterocycles. The fraction of sp³-hybridized carbons (Fsp3) is 0.320. The number of nitrogens with zero attached hydrogens (tertiary/aromatic N) is 3. The summed E-state index contributed by atoms with van der Waals surface area (Å²) in [4.78, 5) is 27.3. The van der Waals surface area contributed by atoms with Crippen molar-refractivity contribution in [3.8, 4) is 16.9 Å². The van der Waals surface area contributed by atoms with E-state index in [4.69, 9.17) is 5.10 Å². The number of para-hydroxylation sites is 1. The third-order valence-electron chi connectivity index (χ3n) is 5.64. The van der Waals surface area contributed by atoms with Crippen LogP contribution in [0.5, 0.6) is 0 Å². The molecule has 6 heteroatoms. The van der Waals surface area contributed by atoms with Gasteiger partial charge in [-0.1, -0.05) is 61.9 Å². The summed E-state index contributed by atoms with van der Waals surface area (Å²) in [6.45, 7) is 2.68. The molecule has 160 valence electrons. The van der Waals surface area contributed by atoms with Gasteiger partial charge in [-0.25, -0.2) is 4.68 Å². The normalized spacial score (nSPS) is 13.5. The summed E-state index contributed by atoms with van der Waals surface area (Å²) < 4.78 is 1.73. The lowest BCUT2D eigenvalue weighted by atomic mass is 9.84. The largest absolute Gasteiger partial charge is 0.333 e. The molecule has 0 saturated heterocycles. The summed E-state index contributed by atoms with van der Waals surface area (Å²) in [7, 11) is 0. The van der Waals surface area contributed by atoms with Gasteiger partial charge in [-0.15, -0.1) is 0 Å². The lowest BCUT2D eigenvalue weighted by Crippen LogP contribution is -2.43. The zero-order valence-electron chi connectivity index (χ0n) is 17.8. The molecule has 1 N–H and O–H groups in total. The molecule has 1 aromatic heterocycles. The molecule has 0 bridgehead atoms. The molecule has 1 saturated carbocycles. The molecule has 0 spiro atoms. The van der Waals surface area contributed by atoms with Crippen molar-refractivity contribution in [1.29, 1.82) is 0 Å². The molecule has 2 amide bonds. The van der Waals surface area contributed by atoms with Crippen LogP contribution < -0.4 is 5.32 Å². The smallest absolute Gasteiger partial charge is 0.245 e. The van der Waals surface area contributed by atoms with Crippen LogP contribution >= 0.6 is 0 Å². The molecule has 1 fully saturated rings. The number of carbonyl (C=O) groups excluding carboxylic acids is 2. The quantitative estimate of drug-likeness (QED) is 0.587. The van der Waals surface area contributed by atoms with E-state index < -0.39 is 0 Å². The van der Waals surface area contributed by atoms with Crippen LogP contribution in [0, 0.1) is 5.92 Å². The maximum atomic E-state index is 12.9. The van der Waals surface area contributed by atoms with Crippen LogP contribution in [0.15, 0.2) is 66.7 Å². The van der Waals surface area contributed by atoms with Crippen molar-refractivity contribution in [3.05, 3.63) is 66.7 Å². The Hall–Kier alpha value is -3.41. The maximum Gasteiger partial charge on any atom is 0.245 e. The summed E-state index contributed by atoms with van der Waals surface area (Å²) in [5, 5.41) is 7.71. The predicted octanol–water partition coefficient (Wildman–Crippen LogP) is 4.52. The molecule has 1 aliphatic carbocycles. The van der Waals surface area contributed by atoms with Gasteiger partial charge in [-0.3, -0.25) is 9.59 Å². The Labute approximate surface area is 182 Å². The lowest BCUT2D eigenvalue weighted by molar-refractivity contribution is -0.140. The number of hydrogen-bond acceptors (Lipinski definition) is 3. The van der Waals surface area contributed by atoms with Crippen LogP contribution in [0.4, 0.5) is 5.82 Å². The van der Waals surface area contributed by atoms with Crippen molar-refractivity contribution < 1.29 is 9.59 Å². The molecule has 2 aromatic carbocycles. The molecule has 6 nitrogen and oxygen atoms in total. The highest BCUT2D eigenvalue weighted by molar-refractivity contribution is 5.95. The van der Waals surface area contributed by atoms with Crippen LogP contribution in [0.3, 0.4) is 0 Å². The standard InChI is InChI=1S/C25H28N4O2/c1-2-16-28(25(31)20-12-9-13-20)18-24(30)26-23-17-22(19-10-5-3-6-11-19)27-29(23)21-14-7-4-8-15-21/h3-8,10-11,14-15,17,20H,2,9,12-13,16,18H2,1H3,(H,26,30). The zero-order valence-corrected chi connectivity index (χ0v) is 17.8. The predicted molar refractivity (Wildman–Crippen MR) is 122 cm³/mol. The first-order valence-electron chi connectivity index (χ1n) is 10.9. The fourth-order valence-corrected chi connectivity index (χ4v) is 3.79. The number of hydrogen-bond donors (Lipinski definition) is 1. The van der Waals surface area contributed by atoms with Gasteiger partial charge in [0, 0.05) is 24.1 Å². The number of carbonyl (C=O) groups is 2. The number of anilines is 1. The van der Waals surface area contributed by atoms with Crippen molar-refractivity contribution in [1.82, 2.24) is 14.7 Å². The highest BCUT2D eigenvalue weighted by atomic mass is 16.2. The van der Waals surface area contributed by atoms with E-state index in [1.807, 2.05) is 73.7 Å². The maximum absolute atomic E-state index is 12.9. The molecule has 31 heavy (non-hydrogen) atoms. The molecule has 0 radical (unpaired) electrons. The van der Waals surface area contributed by atoms with Crippen molar-refractivity contribution >= 4 is 17.6 Å². The Kier molecular flexibility index (Phi) is 6.46. The summed E-state index contributed by atoms with van der Waals surface area (Å²) in [6, 6.07) is 21.4. The van der Waals surface area contributed by atoms with Gasteiger partial charge in [-0.2, -0.15) is 5.10 Å². The minimum atomic E-state index is -0.210. The Morgan fingerprint density at radius 3 is 2.35 bits per heavy atom. The average molecular weight is 417 g/mol. The Balaban J connectivity index is 1.56. The number of rotatable bonds is 8. The van der Waals surface area contributed by atoms with E-state index in [9.17, 15) is 9.59 Å². The number of benzene rings is 2. The van der Waals surface area contributed by atoms with Gasteiger partial charge >= 0.3 is 0 Å². The summed E-state index contributed by atoms with van der Waals surface area (Å²) >= 11 is 0. The Bertz CT molecular complexity index is 1030. The summed E-state index contributed by atoms with van der Waals surface area (Å²) in [5.74, 6) is 0.559. The SMILES string of the molecule is CCCN(CC(=O)Nc1cc(-c2ccccc2)nn1-c1ccccc1)C(=O)C1CCC1. The molecular weight excluding hydrogens is 388 g/mol. The van der Waals surface area contributed by atoms with Crippen molar-refractivity contribution in [2.45, 2.75) is 32.6 Å². The van der Waals surface area contributed by atoms with E-state index in [0.29, 0.717) is 12.4 Å². The second kappa shape index (κ2) is 9.60. The Morgan fingerprint density at radius 1 is 1.06 bits per heavy atom. The molecule has 0 unspecified atom stereocenters. The molecule has 3 aromatic rings. The van der Waals surface area contributed by atoms with Crippen LogP contribution in [0.1, 0.15) is 32.6 Å². The first-order valence-corrected chi connectivity index (χ1v) is 10.9. The van der Waals surface area contributed by atoms with Crippen LogP contribution in [-0.4, -0.2) is 39.6 Å². The molecule has 1 aliphatic rings. The first kappa shape index (κ1) is 20.8. The van der Waals surface area contributed by atoms with E-state index in [0.717, 1.165) is 42.6 Å². The second-order valence-corrected chi connectivity index (χ2v) is 7.96. The van der Waals surface area contributed by atoms with E-state index in [-0.39, 0.29) is 24.3 Å². The van der Waals surface area contributed by atoms with E-state index in [1.54, 1.807) is 9.58 Å². The van der Waals surface area contributed by atoms with Gasteiger partial charge in [0.15, 0.2) is 0 Å². The van der Waals surface area contributed by atoms with E-state index in [2.05, 4.69) is 5.32 Å². The van der Waals surface area contributed by atoms with Crippen molar-refractivity contribution in [2.24, 2.45) is 5.92 Å². The third-order valence-corrected chi connectivity index (χ3v) is 5.64. The average Bonchev–Trinajstić information content (AvgIpc) is 3.17. The Morgan fingerprint density at radius 2 is 1.74 bits per heavy atom. The molecule has 0 atom stereocenters. The molecular formula is C25H28N4O2. The molecule has 0 aliphatic heterocycles.